The molecule has 0 aliphatic heterocycles. The Balaban J connectivity index is 2.98. The predicted molar refractivity (Wildman–Crippen MR) is 77.0 cm³/mol. The SMILES string of the molecule is COc1cc(C=O)cc(Br)c1OCC(C)(O)C(C)C. The fraction of sp³-hybridized carbons (Fsp3) is 0.500. The van der Waals surface area contributed by atoms with Crippen LogP contribution in [0.25, 0.3) is 0 Å². The molecule has 0 aromatic heterocycles. The Morgan fingerprint density at radius 2 is 2.11 bits per heavy atom. The number of hydrogen-bond donors (Lipinski definition) is 1. The lowest BCUT2D eigenvalue weighted by molar-refractivity contribution is -0.0273. The van der Waals surface area contributed by atoms with Crippen molar-refractivity contribution in [1.82, 2.24) is 0 Å². The molecule has 106 valence electrons. The van der Waals surface area contributed by atoms with Gasteiger partial charge in [0.25, 0.3) is 0 Å². The maximum Gasteiger partial charge on any atom is 0.175 e. The standard InChI is InChI=1S/C14H19BrO4/c1-9(2)14(3,17)8-19-13-11(15)5-10(7-16)6-12(13)18-4/h5-7,9,17H,8H2,1-4H3. The fourth-order valence-electron chi connectivity index (χ4n) is 1.33. The number of carbonyl (C=O) groups excluding carboxylic acids is 1. The van der Waals surface area contributed by atoms with Crippen LogP contribution in [0.4, 0.5) is 0 Å². The molecule has 1 atom stereocenters. The van der Waals surface area contributed by atoms with Gasteiger partial charge in [-0.2, -0.15) is 0 Å². The first kappa shape index (κ1) is 16.0. The van der Waals surface area contributed by atoms with Gasteiger partial charge in [-0.15, -0.1) is 0 Å². The average molecular weight is 331 g/mol. The zero-order valence-corrected chi connectivity index (χ0v) is 13.2. The number of benzene rings is 1. The Hall–Kier alpha value is -1.07. The van der Waals surface area contributed by atoms with E-state index in [2.05, 4.69) is 15.9 Å². The van der Waals surface area contributed by atoms with Crippen LogP contribution in [-0.2, 0) is 0 Å². The van der Waals surface area contributed by atoms with Crippen molar-refractivity contribution >= 4 is 22.2 Å². The summed E-state index contributed by atoms with van der Waals surface area (Å²) in [5.41, 5.74) is -0.444. The first-order valence-electron chi connectivity index (χ1n) is 5.99. The molecule has 19 heavy (non-hydrogen) atoms. The number of halogens is 1. The quantitative estimate of drug-likeness (QED) is 0.814. The first-order chi connectivity index (χ1) is 8.81. The maximum atomic E-state index is 10.8. The molecule has 0 fully saturated rings. The van der Waals surface area contributed by atoms with Crippen molar-refractivity contribution in [2.75, 3.05) is 13.7 Å². The molecule has 0 aliphatic carbocycles. The van der Waals surface area contributed by atoms with Crippen molar-refractivity contribution in [3.63, 3.8) is 0 Å². The van der Waals surface area contributed by atoms with Gasteiger partial charge in [-0.05, 0) is 40.9 Å². The number of rotatable bonds is 6. The summed E-state index contributed by atoms with van der Waals surface area (Å²) in [5.74, 6) is 0.997. The van der Waals surface area contributed by atoms with Crippen molar-refractivity contribution in [2.24, 2.45) is 5.92 Å². The molecular formula is C14H19BrO4. The van der Waals surface area contributed by atoms with Crippen molar-refractivity contribution in [3.8, 4) is 11.5 Å². The molecule has 0 radical (unpaired) electrons. The van der Waals surface area contributed by atoms with E-state index >= 15 is 0 Å². The number of ether oxygens (including phenoxy) is 2. The Bertz CT molecular complexity index is 455. The average Bonchev–Trinajstić information content (AvgIpc) is 2.36. The van der Waals surface area contributed by atoms with Crippen LogP contribution in [0.2, 0.25) is 0 Å². The molecule has 1 unspecified atom stereocenters. The summed E-state index contributed by atoms with van der Waals surface area (Å²) >= 11 is 3.34. The highest BCUT2D eigenvalue weighted by Gasteiger charge is 2.27. The van der Waals surface area contributed by atoms with Crippen molar-refractivity contribution in [3.05, 3.63) is 22.2 Å². The van der Waals surface area contributed by atoms with E-state index in [1.165, 1.54) is 7.11 Å². The summed E-state index contributed by atoms with van der Waals surface area (Å²) in [5, 5.41) is 10.2. The highest BCUT2D eigenvalue weighted by atomic mass is 79.9. The van der Waals surface area contributed by atoms with Gasteiger partial charge >= 0.3 is 0 Å². The molecule has 0 saturated heterocycles. The van der Waals surface area contributed by atoms with Gasteiger partial charge in [-0.25, -0.2) is 0 Å². The molecule has 4 nitrogen and oxygen atoms in total. The van der Waals surface area contributed by atoms with E-state index in [1.807, 2.05) is 13.8 Å². The molecule has 1 aromatic carbocycles. The Labute approximate surface area is 121 Å². The summed E-state index contributed by atoms with van der Waals surface area (Å²) in [6.07, 6.45) is 0.737. The number of hydrogen-bond acceptors (Lipinski definition) is 4. The molecule has 0 saturated carbocycles. The van der Waals surface area contributed by atoms with Gasteiger partial charge in [0.2, 0.25) is 0 Å². The van der Waals surface area contributed by atoms with Crippen LogP contribution in [0.3, 0.4) is 0 Å². The van der Waals surface area contributed by atoms with Gasteiger partial charge in [-0.3, -0.25) is 4.79 Å². The van der Waals surface area contributed by atoms with Crippen molar-refractivity contribution in [2.45, 2.75) is 26.4 Å². The van der Waals surface area contributed by atoms with E-state index in [4.69, 9.17) is 9.47 Å². The number of aldehydes is 1. The van der Waals surface area contributed by atoms with Gasteiger partial charge in [0, 0.05) is 5.56 Å². The minimum Gasteiger partial charge on any atom is -0.493 e. The van der Waals surface area contributed by atoms with Crippen molar-refractivity contribution < 1.29 is 19.4 Å². The van der Waals surface area contributed by atoms with E-state index in [9.17, 15) is 9.90 Å². The summed E-state index contributed by atoms with van der Waals surface area (Å²) in [4.78, 5) is 10.8. The monoisotopic (exact) mass is 330 g/mol. The van der Waals surface area contributed by atoms with Gasteiger partial charge in [0.05, 0.1) is 17.2 Å². The molecule has 1 rings (SSSR count). The Morgan fingerprint density at radius 3 is 2.58 bits per heavy atom. The third kappa shape index (κ3) is 3.94. The smallest absolute Gasteiger partial charge is 0.175 e. The van der Waals surface area contributed by atoms with Gasteiger partial charge in [0.1, 0.15) is 12.9 Å². The first-order valence-corrected chi connectivity index (χ1v) is 6.79. The van der Waals surface area contributed by atoms with E-state index < -0.39 is 5.60 Å². The van der Waals surface area contributed by atoms with E-state index in [-0.39, 0.29) is 12.5 Å². The third-order valence-electron chi connectivity index (χ3n) is 3.14. The summed E-state index contributed by atoms with van der Waals surface area (Å²) in [7, 11) is 1.50. The van der Waals surface area contributed by atoms with E-state index in [1.54, 1.807) is 19.1 Å². The number of methoxy groups -OCH3 is 1. The fourth-order valence-corrected chi connectivity index (χ4v) is 1.91. The van der Waals surface area contributed by atoms with Gasteiger partial charge in [-0.1, -0.05) is 13.8 Å². The predicted octanol–water partition coefficient (Wildman–Crippen LogP) is 3.06. The molecule has 0 amide bonds. The van der Waals surface area contributed by atoms with Crippen LogP contribution in [-0.4, -0.2) is 30.7 Å². The van der Waals surface area contributed by atoms with E-state index in [0.29, 0.717) is 21.5 Å². The van der Waals surface area contributed by atoms with E-state index in [0.717, 1.165) is 6.29 Å². The highest BCUT2D eigenvalue weighted by molar-refractivity contribution is 9.10. The lowest BCUT2D eigenvalue weighted by atomic mass is 9.94. The minimum absolute atomic E-state index is 0.0616. The summed E-state index contributed by atoms with van der Waals surface area (Å²) in [6, 6.07) is 3.24. The maximum absolute atomic E-state index is 10.8. The molecule has 0 heterocycles. The van der Waals surface area contributed by atoms with Gasteiger partial charge in [0.15, 0.2) is 11.5 Å². The number of carbonyl (C=O) groups is 1. The van der Waals surface area contributed by atoms with Crippen molar-refractivity contribution in [1.29, 1.82) is 0 Å². The lowest BCUT2D eigenvalue weighted by Gasteiger charge is -2.28. The van der Waals surface area contributed by atoms with Crippen LogP contribution in [0, 0.1) is 5.92 Å². The Kier molecular flexibility index (Phi) is 5.38. The molecule has 0 aliphatic rings. The summed E-state index contributed by atoms with van der Waals surface area (Å²) < 4.78 is 11.5. The normalized spacial score (nSPS) is 14.1. The second kappa shape index (κ2) is 6.39. The topological polar surface area (TPSA) is 55.8 Å². The largest absolute Gasteiger partial charge is 0.493 e. The lowest BCUT2D eigenvalue weighted by Crippen LogP contribution is -2.37. The second-order valence-electron chi connectivity index (χ2n) is 4.95. The molecule has 5 heteroatoms. The van der Waals surface area contributed by atoms with Crippen LogP contribution >= 0.6 is 15.9 Å². The van der Waals surface area contributed by atoms with Crippen LogP contribution < -0.4 is 9.47 Å². The van der Waals surface area contributed by atoms with Gasteiger partial charge < -0.3 is 14.6 Å². The molecular weight excluding hydrogens is 312 g/mol. The molecule has 1 N–H and O–H groups in total. The molecule has 1 aromatic rings. The minimum atomic E-state index is -0.937. The highest BCUT2D eigenvalue weighted by Crippen LogP contribution is 2.37. The molecule has 0 bridgehead atoms. The van der Waals surface area contributed by atoms with Crippen LogP contribution in [0.15, 0.2) is 16.6 Å². The number of aliphatic hydroxyl groups is 1. The Morgan fingerprint density at radius 1 is 1.47 bits per heavy atom. The zero-order chi connectivity index (χ0) is 14.6. The van der Waals surface area contributed by atoms with Crippen LogP contribution in [0.1, 0.15) is 31.1 Å². The molecule has 0 spiro atoms. The van der Waals surface area contributed by atoms with Crippen LogP contribution in [0.5, 0.6) is 11.5 Å². The third-order valence-corrected chi connectivity index (χ3v) is 3.73. The second-order valence-corrected chi connectivity index (χ2v) is 5.81. The summed E-state index contributed by atoms with van der Waals surface area (Å²) in [6.45, 7) is 5.70. The zero-order valence-electron chi connectivity index (χ0n) is 11.6.